The van der Waals surface area contributed by atoms with Crippen molar-refractivity contribution in [1.82, 2.24) is 9.88 Å². The van der Waals surface area contributed by atoms with Crippen LogP contribution in [0.2, 0.25) is 5.02 Å². The quantitative estimate of drug-likeness (QED) is 0.807. The maximum absolute atomic E-state index is 12.5. The van der Waals surface area contributed by atoms with Gasteiger partial charge in [-0.05, 0) is 45.0 Å². The predicted octanol–water partition coefficient (Wildman–Crippen LogP) is 3.88. The monoisotopic (exact) mass is 387 g/mol. The van der Waals surface area contributed by atoms with Gasteiger partial charge >= 0.3 is 6.09 Å². The second-order valence-electron chi connectivity index (χ2n) is 7.03. The molecule has 8 heteroatoms. The molecule has 1 aromatic carbocycles. The van der Waals surface area contributed by atoms with E-state index in [0.29, 0.717) is 21.8 Å². The first kappa shape index (κ1) is 18.8. The van der Waals surface area contributed by atoms with Gasteiger partial charge in [-0.3, -0.25) is 19.8 Å². The number of carbonyl (C=O) groups is 3. The Labute approximate surface area is 161 Å². The van der Waals surface area contributed by atoms with Gasteiger partial charge in [-0.25, -0.2) is 9.78 Å². The molecule has 3 rings (SSSR count). The summed E-state index contributed by atoms with van der Waals surface area (Å²) in [4.78, 5) is 42.2. The van der Waals surface area contributed by atoms with Crippen molar-refractivity contribution in [1.29, 1.82) is 0 Å². The van der Waals surface area contributed by atoms with E-state index in [4.69, 9.17) is 16.3 Å². The number of anilines is 1. The first-order chi connectivity index (χ1) is 12.6. The van der Waals surface area contributed by atoms with Crippen molar-refractivity contribution >= 4 is 35.3 Å². The molecule has 1 aliphatic rings. The summed E-state index contributed by atoms with van der Waals surface area (Å²) >= 11 is 6.09. The summed E-state index contributed by atoms with van der Waals surface area (Å²) < 4.78 is 5.18. The molecule has 3 amide bonds. The highest BCUT2D eigenvalue weighted by Gasteiger charge is 2.35. The third-order valence-corrected chi connectivity index (χ3v) is 3.89. The number of nitrogens with one attached hydrogen (secondary N) is 1. The highest BCUT2D eigenvalue weighted by molar-refractivity contribution is 6.31. The zero-order chi connectivity index (χ0) is 19.8. The van der Waals surface area contributed by atoms with Crippen molar-refractivity contribution in [3.8, 4) is 0 Å². The molecule has 0 atom stereocenters. The van der Waals surface area contributed by atoms with Crippen LogP contribution in [-0.4, -0.2) is 33.4 Å². The zero-order valence-corrected chi connectivity index (χ0v) is 15.8. The van der Waals surface area contributed by atoms with E-state index >= 15 is 0 Å². The van der Waals surface area contributed by atoms with Crippen LogP contribution in [0.15, 0.2) is 36.4 Å². The van der Waals surface area contributed by atoms with Gasteiger partial charge in [-0.1, -0.05) is 23.7 Å². The molecule has 0 fully saturated rings. The van der Waals surface area contributed by atoms with Gasteiger partial charge in [0.05, 0.1) is 23.4 Å². The highest BCUT2D eigenvalue weighted by atomic mass is 35.5. The second kappa shape index (κ2) is 7.00. The first-order valence-corrected chi connectivity index (χ1v) is 8.63. The Morgan fingerprint density at radius 1 is 1.15 bits per heavy atom. The number of hydrogen-bond acceptors (Lipinski definition) is 5. The average molecular weight is 388 g/mol. The van der Waals surface area contributed by atoms with Crippen LogP contribution in [0.4, 0.5) is 10.6 Å². The third kappa shape index (κ3) is 4.25. The Morgan fingerprint density at radius 2 is 1.74 bits per heavy atom. The molecule has 140 valence electrons. The van der Waals surface area contributed by atoms with Gasteiger partial charge < -0.3 is 4.74 Å². The number of carbonyl (C=O) groups excluding carboxylic acids is 3. The van der Waals surface area contributed by atoms with Crippen molar-refractivity contribution in [2.75, 3.05) is 5.32 Å². The Balaban J connectivity index is 1.79. The minimum absolute atomic E-state index is 0.0596. The molecular weight excluding hydrogens is 370 g/mol. The standard InChI is InChI=1S/C19H18ClN3O4/c1-19(2,3)27-18(26)22-15-9-11(20)8-12(21-15)10-23-16(24)13-6-4-5-7-14(13)17(23)25/h4-9H,10H2,1-3H3,(H,21,22,26). The van der Waals surface area contributed by atoms with Crippen LogP contribution < -0.4 is 5.32 Å². The Bertz CT molecular complexity index is 902. The highest BCUT2D eigenvalue weighted by Crippen LogP contribution is 2.25. The van der Waals surface area contributed by atoms with Crippen LogP contribution in [0.5, 0.6) is 0 Å². The molecule has 0 bridgehead atoms. The molecule has 0 saturated heterocycles. The molecule has 2 aromatic rings. The SMILES string of the molecule is CC(C)(C)OC(=O)Nc1cc(Cl)cc(CN2C(=O)c3ccccc3C2=O)n1. The van der Waals surface area contributed by atoms with E-state index < -0.39 is 11.7 Å². The van der Waals surface area contributed by atoms with E-state index in [-0.39, 0.29) is 24.2 Å². The summed E-state index contributed by atoms with van der Waals surface area (Å²) in [6.07, 6.45) is -0.677. The Kier molecular flexibility index (Phi) is 4.89. The van der Waals surface area contributed by atoms with E-state index in [1.54, 1.807) is 45.0 Å². The molecule has 1 aromatic heterocycles. The smallest absolute Gasteiger partial charge is 0.413 e. The minimum atomic E-state index is -0.677. The number of nitrogens with zero attached hydrogens (tertiary/aromatic N) is 2. The molecule has 0 radical (unpaired) electrons. The van der Waals surface area contributed by atoms with Crippen LogP contribution in [0.1, 0.15) is 47.2 Å². The van der Waals surface area contributed by atoms with E-state index in [2.05, 4.69) is 10.3 Å². The molecule has 0 spiro atoms. The summed E-state index contributed by atoms with van der Waals surface area (Å²) in [6, 6.07) is 9.61. The van der Waals surface area contributed by atoms with Crippen LogP contribution in [-0.2, 0) is 11.3 Å². The fraction of sp³-hybridized carbons (Fsp3) is 0.263. The van der Waals surface area contributed by atoms with Gasteiger partial charge in [0.25, 0.3) is 11.8 Å². The summed E-state index contributed by atoms with van der Waals surface area (Å²) in [5, 5.41) is 2.81. The van der Waals surface area contributed by atoms with E-state index in [1.165, 1.54) is 12.1 Å². The summed E-state index contributed by atoms with van der Waals surface area (Å²) in [7, 11) is 0. The van der Waals surface area contributed by atoms with Gasteiger partial charge in [0, 0.05) is 5.02 Å². The lowest BCUT2D eigenvalue weighted by Gasteiger charge is -2.20. The molecular formula is C19H18ClN3O4. The lowest BCUT2D eigenvalue weighted by molar-refractivity contribution is 0.0621. The van der Waals surface area contributed by atoms with Crippen molar-refractivity contribution in [2.24, 2.45) is 0 Å². The van der Waals surface area contributed by atoms with Gasteiger partial charge in [-0.2, -0.15) is 0 Å². The lowest BCUT2D eigenvalue weighted by Crippen LogP contribution is -2.30. The minimum Gasteiger partial charge on any atom is -0.444 e. The first-order valence-electron chi connectivity index (χ1n) is 8.26. The maximum Gasteiger partial charge on any atom is 0.413 e. The number of hydrogen-bond donors (Lipinski definition) is 1. The molecule has 7 nitrogen and oxygen atoms in total. The fourth-order valence-electron chi connectivity index (χ4n) is 2.65. The number of halogens is 1. The number of pyridine rings is 1. The molecule has 0 saturated carbocycles. The van der Waals surface area contributed by atoms with E-state index in [1.807, 2.05) is 0 Å². The van der Waals surface area contributed by atoms with Gasteiger partial charge in [0.15, 0.2) is 0 Å². The van der Waals surface area contributed by atoms with Crippen molar-refractivity contribution < 1.29 is 19.1 Å². The molecule has 0 aliphatic carbocycles. The van der Waals surface area contributed by atoms with Crippen LogP contribution in [0.25, 0.3) is 0 Å². The normalized spacial score (nSPS) is 13.6. The van der Waals surface area contributed by atoms with Crippen LogP contribution in [0, 0.1) is 0 Å². The predicted molar refractivity (Wildman–Crippen MR) is 99.7 cm³/mol. The largest absolute Gasteiger partial charge is 0.444 e. The fourth-order valence-corrected chi connectivity index (χ4v) is 2.88. The number of ether oxygens (including phenoxy) is 1. The number of rotatable bonds is 3. The van der Waals surface area contributed by atoms with Crippen molar-refractivity contribution in [2.45, 2.75) is 32.9 Å². The average Bonchev–Trinajstić information content (AvgIpc) is 2.78. The van der Waals surface area contributed by atoms with Gasteiger partial charge in [0.1, 0.15) is 11.4 Å². The lowest BCUT2D eigenvalue weighted by atomic mass is 10.1. The third-order valence-electron chi connectivity index (χ3n) is 3.67. The summed E-state index contributed by atoms with van der Waals surface area (Å²) in [5.74, 6) is -0.610. The van der Waals surface area contributed by atoms with E-state index in [9.17, 15) is 14.4 Å². The summed E-state index contributed by atoms with van der Waals surface area (Å²) in [5.41, 5.74) is 0.419. The number of benzene rings is 1. The Hall–Kier alpha value is -2.93. The second-order valence-corrected chi connectivity index (χ2v) is 7.47. The molecule has 1 N–H and O–H groups in total. The van der Waals surface area contributed by atoms with Crippen LogP contribution >= 0.6 is 11.6 Å². The zero-order valence-electron chi connectivity index (χ0n) is 15.1. The molecule has 27 heavy (non-hydrogen) atoms. The maximum atomic E-state index is 12.5. The summed E-state index contributed by atoms with van der Waals surface area (Å²) in [6.45, 7) is 5.17. The Morgan fingerprint density at radius 3 is 2.30 bits per heavy atom. The van der Waals surface area contributed by atoms with Gasteiger partial charge in [0.2, 0.25) is 0 Å². The van der Waals surface area contributed by atoms with Crippen LogP contribution in [0.3, 0.4) is 0 Å². The van der Waals surface area contributed by atoms with E-state index in [0.717, 1.165) is 4.90 Å². The number of amides is 3. The topological polar surface area (TPSA) is 88.6 Å². The number of aromatic nitrogens is 1. The number of imide groups is 1. The van der Waals surface area contributed by atoms with Crippen molar-refractivity contribution in [3.05, 3.63) is 58.2 Å². The molecule has 1 aliphatic heterocycles. The van der Waals surface area contributed by atoms with Gasteiger partial charge in [-0.15, -0.1) is 0 Å². The number of fused-ring (bicyclic) bond motifs is 1. The molecule has 0 unspecified atom stereocenters. The molecule has 2 heterocycles. The van der Waals surface area contributed by atoms with Crippen molar-refractivity contribution in [3.63, 3.8) is 0 Å².